The first-order valence-electron chi connectivity index (χ1n) is 7.99. The largest absolute Gasteiger partial charge is 0.479 e. The van der Waals surface area contributed by atoms with Gasteiger partial charge in [-0.2, -0.15) is 0 Å². The van der Waals surface area contributed by atoms with Crippen LogP contribution in [0.5, 0.6) is 5.75 Å². The standard InChI is InChI=1S/C21H18O4/c1-13(22)15-6-8-17(9-7-15)19-5-3-4-16-10-11-18(12-20(16)19)25-14(2)21(23)24/h3-12,14H,1-2H3,(H,23,24)/t14-/m0/s1. The lowest BCUT2D eigenvalue weighted by molar-refractivity contribution is -0.144. The monoisotopic (exact) mass is 334 g/mol. The zero-order valence-electron chi connectivity index (χ0n) is 14.0. The second-order valence-corrected chi connectivity index (χ2v) is 5.92. The second kappa shape index (κ2) is 6.77. The van der Waals surface area contributed by atoms with Gasteiger partial charge in [0, 0.05) is 5.56 Å². The molecule has 0 unspecified atom stereocenters. The van der Waals surface area contributed by atoms with Gasteiger partial charge in [-0.3, -0.25) is 4.79 Å². The van der Waals surface area contributed by atoms with E-state index in [4.69, 9.17) is 9.84 Å². The molecule has 25 heavy (non-hydrogen) atoms. The van der Waals surface area contributed by atoms with Crippen LogP contribution in [-0.2, 0) is 4.79 Å². The van der Waals surface area contributed by atoms with Gasteiger partial charge in [0.1, 0.15) is 5.75 Å². The molecule has 0 aliphatic rings. The minimum absolute atomic E-state index is 0.0304. The summed E-state index contributed by atoms with van der Waals surface area (Å²) >= 11 is 0. The molecular formula is C21H18O4. The summed E-state index contributed by atoms with van der Waals surface area (Å²) in [4.78, 5) is 22.4. The van der Waals surface area contributed by atoms with Crippen molar-refractivity contribution >= 4 is 22.5 Å². The number of rotatable bonds is 5. The van der Waals surface area contributed by atoms with Gasteiger partial charge in [0.2, 0.25) is 0 Å². The van der Waals surface area contributed by atoms with Crippen molar-refractivity contribution < 1.29 is 19.4 Å². The SMILES string of the molecule is CC(=O)c1ccc(-c2cccc3ccc(O[C@@H](C)C(=O)O)cc23)cc1. The molecule has 0 aliphatic carbocycles. The molecule has 0 aromatic heterocycles. The lowest BCUT2D eigenvalue weighted by Crippen LogP contribution is -2.22. The van der Waals surface area contributed by atoms with Gasteiger partial charge < -0.3 is 9.84 Å². The van der Waals surface area contributed by atoms with E-state index < -0.39 is 12.1 Å². The number of fused-ring (bicyclic) bond motifs is 1. The highest BCUT2D eigenvalue weighted by molar-refractivity contribution is 5.99. The maximum atomic E-state index is 11.4. The van der Waals surface area contributed by atoms with E-state index in [1.54, 1.807) is 13.0 Å². The van der Waals surface area contributed by atoms with Gasteiger partial charge in [0.15, 0.2) is 11.9 Å². The fraction of sp³-hybridized carbons (Fsp3) is 0.143. The summed E-state index contributed by atoms with van der Waals surface area (Å²) in [7, 11) is 0. The van der Waals surface area contributed by atoms with Gasteiger partial charge in [0.05, 0.1) is 0 Å². The zero-order chi connectivity index (χ0) is 18.0. The predicted octanol–water partition coefficient (Wildman–Crippen LogP) is 4.56. The fourth-order valence-electron chi connectivity index (χ4n) is 2.72. The second-order valence-electron chi connectivity index (χ2n) is 5.92. The molecule has 0 saturated carbocycles. The minimum atomic E-state index is -1.01. The Labute approximate surface area is 145 Å². The van der Waals surface area contributed by atoms with Crippen molar-refractivity contribution in [3.8, 4) is 16.9 Å². The molecule has 4 nitrogen and oxygen atoms in total. The molecule has 0 spiro atoms. The average Bonchev–Trinajstić information content (AvgIpc) is 2.61. The summed E-state index contributed by atoms with van der Waals surface area (Å²) in [5.74, 6) is -0.466. The number of ketones is 1. The summed E-state index contributed by atoms with van der Waals surface area (Å²) in [5, 5.41) is 11.0. The average molecular weight is 334 g/mol. The number of aliphatic carboxylic acids is 1. The third-order valence-corrected chi connectivity index (χ3v) is 4.12. The molecule has 0 aliphatic heterocycles. The van der Waals surface area contributed by atoms with E-state index in [2.05, 4.69) is 0 Å². The third-order valence-electron chi connectivity index (χ3n) is 4.12. The van der Waals surface area contributed by atoms with Gasteiger partial charge in [-0.15, -0.1) is 0 Å². The van der Waals surface area contributed by atoms with E-state index in [0.29, 0.717) is 11.3 Å². The Morgan fingerprint density at radius 1 is 1.00 bits per heavy atom. The lowest BCUT2D eigenvalue weighted by atomic mass is 9.97. The summed E-state index contributed by atoms with van der Waals surface area (Å²) in [5.41, 5.74) is 2.66. The number of benzene rings is 3. The number of carbonyl (C=O) groups excluding carboxylic acids is 1. The third kappa shape index (κ3) is 3.53. The van der Waals surface area contributed by atoms with Crippen LogP contribution in [0.1, 0.15) is 24.2 Å². The van der Waals surface area contributed by atoms with Gasteiger partial charge in [-0.25, -0.2) is 4.79 Å². The van der Waals surface area contributed by atoms with Crippen molar-refractivity contribution in [1.29, 1.82) is 0 Å². The molecule has 0 heterocycles. The molecule has 0 fully saturated rings. The van der Waals surface area contributed by atoms with E-state index in [-0.39, 0.29) is 5.78 Å². The Balaban J connectivity index is 2.05. The highest BCUT2D eigenvalue weighted by Gasteiger charge is 2.13. The Hall–Kier alpha value is -3.14. The van der Waals surface area contributed by atoms with Crippen molar-refractivity contribution in [3.63, 3.8) is 0 Å². The maximum absolute atomic E-state index is 11.4. The molecule has 1 N–H and O–H groups in total. The van der Waals surface area contributed by atoms with Crippen molar-refractivity contribution in [2.24, 2.45) is 0 Å². The molecule has 3 aromatic carbocycles. The van der Waals surface area contributed by atoms with Crippen molar-refractivity contribution in [1.82, 2.24) is 0 Å². The van der Waals surface area contributed by atoms with Crippen molar-refractivity contribution in [2.45, 2.75) is 20.0 Å². The number of hydrogen-bond acceptors (Lipinski definition) is 3. The molecule has 0 radical (unpaired) electrons. The Morgan fingerprint density at radius 3 is 2.36 bits per heavy atom. The number of carboxylic acid groups (broad SMARTS) is 1. The van der Waals surface area contributed by atoms with Crippen LogP contribution in [0.15, 0.2) is 60.7 Å². The molecule has 4 heteroatoms. The van der Waals surface area contributed by atoms with E-state index in [1.807, 2.05) is 54.6 Å². The maximum Gasteiger partial charge on any atom is 0.344 e. The summed E-state index contributed by atoms with van der Waals surface area (Å²) in [6.07, 6.45) is -0.917. The molecule has 0 amide bonds. The molecular weight excluding hydrogens is 316 g/mol. The Kier molecular flexibility index (Phi) is 4.52. The van der Waals surface area contributed by atoms with Crippen LogP contribution in [0, 0.1) is 0 Å². The Bertz CT molecular complexity index is 942. The first kappa shape index (κ1) is 16.7. The van der Waals surface area contributed by atoms with Crippen LogP contribution in [0.3, 0.4) is 0 Å². The van der Waals surface area contributed by atoms with Crippen molar-refractivity contribution in [3.05, 3.63) is 66.2 Å². The highest BCUT2D eigenvalue weighted by Crippen LogP contribution is 2.31. The first-order chi connectivity index (χ1) is 12.0. The summed E-state index contributed by atoms with van der Waals surface area (Å²) < 4.78 is 5.48. The summed E-state index contributed by atoms with van der Waals surface area (Å²) in [6.45, 7) is 3.04. The number of Topliss-reactive ketones (excluding diaryl/α,β-unsaturated/α-hetero) is 1. The van der Waals surface area contributed by atoms with Gasteiger partial charge in [-0.1, -0.05) is 48.5 Å². The quantitative estimate of drug-likeness (QED) is 0.695. The van der Waals surface area contributed by atoms with Crippen LogP contribution in [0.2, 0.25) is 0 Å². The van der Waals surface area contributed by atoms with Gasteiger partial charge >= 0.3 is 5.97 Å². The minimum Gasteiger partial charge on any atom is -0.479 e. The highest BCUT2D eigenvalue weighted by atomic mass is 16.5. The van der Waals surface area contributed by atoms with E-state index in [9.17, 15) is 9.59 Å². The first-order valence-corrected chi connectivity index (χ1v) is 7.99. The molecule has 1 atom stereocenters. The zero-order valence-corrected chi connectivity index (χ0v) is 14.0. The normalized spacial score (nSPS) is 11.9. The van der Waals surface area contributed by atoms with E-state index in [1.165, 1.54) is 6.92 Å². The van der Waals surface area contributed by atoms with Crippen LogP contribution >= 0.6 is 0 Å². The molecule has 0 saturated heterocycles. The smallest absolute Gasteiger partial charge is 0.344 e. The topological polar surface area (TPSA) is 63.6 Å². The van der Waals surface area contributed by atoms with Crippen LogP contribution < -0.4 is 4.74 Å². The van der Waals surface area contributed by atoms with Gasteiger partial charge in [0.25, 0.3) is 0 Å². The Morgan fingerprint density at radius 2 is 1.72 bits per heavy atom. The van der Waals surface area contributed by atoms with Crippen LogP contribution in [0.25, 0.3) is 21.9 Å². The predicted molar refractivity (Wildman–Crippen MR) is 97.1 cm³/mol. The van der Waals surface area contributed by atoms with Crippen LogP contribution in [-0.4, -0.2) is 23.0 Å². The number of carbonyl (C=O) groups is 2. The number of carboxylic acids is 1. The van der Waals surface area contributed by atoms with E-state index >= 15 is 0 Å². The van der Waals surface area contributed by atoms with Gasteiger partial charge in [-0.05, 0) is 47.9 Å². The summed E-state index contributed by atoms with van der Waals surface area (Å²) in [6, 6.07) is 18.9. The van der Waals surface area contributed by atoms with Crippen LogP contribution in [0.4, 0.5) is 0 Å². The molecule has 126 valence electrons. The molecule has 3 aromatic rings. The number of ether oxygens (including phenoxy) is 1. The molecule has 0 bridgehead atoms. The van der Waals surface area contributed by atoms with Crippen molar-refractivity contribution in [2.75, 3.05) is 0 Å². The van der Waals surface area contributed by atoms with E-state index in [0.717, 1.165) is 21.9 Å². The number of hydrogen-bond donors (Lipinski definition) is 1. The molecule has 3 rings (SSSR count). The lowest BCUT2D eigenvalue weighted by Gasteiger charge is -2.13. The fourth-order valence-corrected chi connectivity index (χ4v) is 2.72.